The lowest BCUT2D eigenvalue weighted by Crippen LogP contribution is -2.18. The highest BCUT2D eigenvalue weighted by Gasteiger charge is 2.07. The minimum Gasteiger partial charge on any atom is -0.481 e. The lowest BCUT2D eigenvalue weighted by atomic mass is 10.2. The van der Waals surface area contributed by atoms with Crippen molar-refractivity contribution in [3.63, 3.8) is 0 Å². The molecule has 2 aromatic rings. The number of methoxy groups -OCH3 is 1. The van der Waals surface area contributed by atoms with Crippen molar-refractivity contribution in [1.82, 2.24) is 9.97 Å². The van der Waals surface area contributed by atoms with E-state index in [0.29, 0.717) is 5.88 Å². The van der Waals surface area contributed by atoms with Gasteiger partial charge in [0, 0.05) is 19.7 Å². The zero-order chi connectivity index (χ0) is 13.0. The van der Waals surface area contributed by atoms with Crippen molar-refractivity contribution >= 4 is 11.8 Å². The van der Waals surface area contributed by atoms with E-state index in [4.69, 9.17) is 10.5 Å². The SMILES string of the molecule is COc1cc(N(C)Cc2ccccc2)nc(N)n1. The van der Waals surface area contributed by atoms with Gasteiger partial charge in [0.05, 0.1) is 7.11 Å². The molecule has 18 heavy (non-hydrogen) atoms. The summed E-state index contributed by atoms with van der Waals surface area (Å²) >= 11 is 0. The van der Waals surface area contributed by atoms with Crippen LogP contribution >= 0.6 is 0 Å². The summed E-state index contributed by atoms with van der Waals surface area (Å²) in [4.78, 5) is 10.1. The molecule has 0 amide bonds. The number of hydrogen-bond donors (Lipinski definition) is 1. The Morgan fingerprint density at radius 2 is 1.94 bits per heavy atom. The van der Waals surface area contributed by atoms with Gasteiger partial charge in [-0.25, -0.2) is 0 Å². The van der Waals surface area contributed by atoms with Gasteiger partial charge in [-0.3, -0.25) is 0 Å². The summed E-state index contributed by atoms with van der Waals surface area (Å²) in [6.45, 7) is 0.750. The first-order valence-corrected chi connectivity index (χ1v) is 5.62. The van der Waals surface area contributed by atoms with Crippen molar-refractivity contribution in [3.8, 4) is 5.88 Å². The van der Waals surface area contributed by atoms with Crippen molar-refractivity contribution in [2.24, 2.45) is 0 Å². The minimum absolute atomic E-state index is 0.212. The molecule has 1 aromatic heterocycles. The predicted octanol–water partition coefficient (Wildman–Crippen LogP) is 1.70. The summed E-state index contributed by atoms with van der Waals surface area (Å²) in [6, 6.07) is 11.9. The van der Waals surface area contributed by atoms with Gasteiger partial charge in [-0.15, -0.1) is 0 Å². The monoisotopic (exact) mass is 244 g/mol. The van der Waals surface area contributed by atoms with Gasteiger partial charge in [0.1, 0.15) is 5.82 Å². The molecule has 0 saturated heterocycles. The van der Waals surface area contributed by atoms with Gasteiger partial charge in [-0.1, -0.05) is 30.3 Å². The van der Waals surface area contributed by atoms with Crippen LogP contribution in [0.2, 0.25) is 0 Å². The van der Waals surface area contributed by atoms with Crippen molar-refractivity contribution in [1.29, 1.82) is 0 Å². The Morgan fingerprint density at radius 3 is 2.61 bits per heavy atom. The number of anilines is 2. The van der Waals surface area contributed by atoms with Gasteiger partial charge in [-0.2, -0.15) is 9.97 Å². The molecular weight excluding hydrogens is 228 g/mol. The molecule has 0 aliphatic carbocycles. The molecule has 94 valence electrons. The number of rotatable bonds is 4. The third-order valence-electron chi connectivity index (χ3n) is 2.57. The number of nitrogens with two attached hydrogens (primary N) is 1. The summed E-state index contributed by atoms with van der Waals surface area (Å²) in [5.74, 6) is 1.42. The summed E-state index contributed by atoms with van der Waals surface area (Å²) in [5, 5.41) is 0. The minimum atomic E-state index is 0.212. The number of nitrogen functional groups attached to an aromatic ring is 1. The molecular formula is C13H16N4O. The van der Waals surface area contributed by atoms with Crippen molar-refractivity contribution in [2.75, 3.05) is 24.8 Å². The third-order valence-corrected chi connectivity index (χ3v) is 2.57. The zero-order valence-electron chi connectivity index (χ0n) is 10.5. The summed E-state index contributed by atoms with van der Waals surface area (Å²) in [6.07, 6.45) is 0. The maximum atomic E-state index is 5.64. The lowest BCUT2D eigenvalue weighted by Gasteiger charge is -2.18. The van der Waals surface area contributed by atoms with Gasteiger partial charge in [0.2, 0.25) is 11.8 Å². The number of nitrogens with zero attached hydrogens (tertiary/aromatic N) is 3. The second kappa shape index (κ2) is 5.35. The van der Waals surface area contributed by atoms with Crippen molar-refractivity contribution in [3.05, 3.63) is 42.0 Å². The highest BCUT2D eigenvalue weighted by molar-refractivity contribution is 5.45. The summed E-state index contributed by atoms with van der Waals surface area (Å²) in [5.41, 5.74) is 6.84. The summed E-state index contributed by atoms with van der Waals surface area (Å²) in [7, 11) is 3.51. The second-order valence-electron chi connectivity index (χ2n) is 3.97. The molecule has 2 N–H and O–H groups in total. The molecule has 2 rings (SSSR count). The van der Waals surface area contributed by atoms with Crippen LogP contribution in [-0.2, 0) is 6.54 Å². The fraction of sp³-hybridized carbons (Fsp3) is 0.231. The lowest BCUT2D eigenvalue weighted by molar-refractivity contribution is 0.397. The molecule has 5 nitrogen and oxygen atoms in total. The van der Waals surface area contributed by atoms with Gasteiger partial charge in [0.15, 0.2) is 0 Å². The molecule has 0 aliphatic rings. The Kier molecular flexibility index (Phi) is 3.62. The highest BCUT2D eigenvalue weighted by atomic mass is 16.5. The standard InChI is InChI=1S/C13H16N4O/c1-17(9-10-6-4-3-5-7-10)11-8-12(18-2)16-13(14)15-11/h3-8H,9H2,1-2H3,(H2,14,15,16). The van der Waals surface area contributed by atoms with Crippen LogP contribution in [0.25, 0.3) is 0 Å². The fourth-order valence-corrected chi connectivity index (χ4v) is 1.67. The predicted molar refractivity (Wildman–Crippen MR) is 71.5 cm³/mol. The Morgan fingerprint density at radius 1 is 1.22 bits per heavy atom. The first-order chi connectivity index (χ1) is 8.69. The highest BCUT2D eigenvalue weighted by Crippen LogP contribution is 2.18. The molecule has 0 fully saturated rings. The topological polar surface area (TPSA) is 64.3 Å². The van der Waals surface area contributed by atoms with Crippen molar-refractivity contribution < 1.29 is 4.74 Å². The van der Waals surface area contributed by atoms with Gasteiger partial charge >= 0.3 is 0 Å². The van der Waals surface area contributed by atoms with E-state index in [0.717, 1.165) is 12.4 Å². The van der Waals surface area contributed by atoms with Gasteiger partial charge in [0.25, 0.3) is 0 Å². The molecule has 0 unspecified atom stereocenters. The third kappa shape index (κ3) is 2.88. The van der Waals surface area contributed by atoms with E-state index in [-0.39, 0.29) is 5.95 Å². The van der Waals surface area contributed by atoms with E-state index in [2.05, 4.69) is 22.1 Å². The van der Waals surface area contributed by atoms with Crippen LogP contribution in [0.1, 0.15) is 5.56 Å². The van der Waals surface area contributed by atoms with Crippen LogP contribution in [0, 0.1) is 0 Å². The number of benzene rings is 1. The number of aromatic nitrogens is 2. The van der Waals surface area contributed by atoms with E-state index in [1.165, 1.54) is 5.56 Å². The van der Waals surface area contributed by atoms with E-state index in [9.17, 15) is 0 Å². The number of hydrogen-bond acceptors (Lipinski definition) is 5. The smallest absolute Gasteiger partial charge is 0.225 e. The molecule has 1 heterocycles. The number of ether oxygens (including phenoxy) is 1. The largest absolute Gasteiger partial charge is 0.481 e. The molecule has 1 aromatic carbocycles. The van der Waals surface area contributed by atoms with Crippen LogP contribution in [-0.4, -0.2) is 24.1 Å². The van der Waals surface area contributed by atoms with Crippen LogP contribution in [0.3, 0.4) is 0 Å². The molecule has 0 saturated carbocycles. The zero-order valence-corrected chi connectivity index (χ0v) is 10.5. The maximum Gasteiger partial charge on any atom is 0.225 e. The Hall–Kier alpha value is -2.30. The first-order valence-electron chi connectivity index (χ1n) is 5.62. The Balaban J connectivity index is 2.18. The van der Waals surface area contributed by atoms with E-state index >= 15 is 0 Å². The van der Waals surface area contributed by atoms with Gasteiger partial charge < -0.3 is 15.4 Å². The van der Waals surface area contributed by atoms with Gasteiger partial charge in [-0.05, 0) is 5.56 Å². The summed E-state index contributed by atoms with van der Waals surface area (Å²) < 4.78 is 5.08. The molecule has 0 radical (unpaired) electrons. The molecule has 5 heteroatoms. The molecule has 0 aliphatic heterocycles. The van der Waals surface area contributed by atoms with Crippen LogP contribution in [0.15, 0.2) is 36.4 Å². The Labute approximate surface area is 106 Å². The van der Waals surface area contributed by atoms with Crippen LogP contribution in [0.4, 0.5) is 11.8 Å². The normalized spacial score (nSPS) is 10.1. The quantitative estimate of drug-likeness (QED) is 0.886. The molecule has 0 atom stereocenters. The average Bonchev–Trinajstić information content (AvgIpc) is 2.39. The fourth-order valence-electron chi connectivity index (χ4n) is 1.67. The average molecular weight is 244 g/mol. The van der Waals surface area contributed by atoms with Crippen LogP contribution < -0.4 is 15.4 Å². The van der Waals surface area contributed by atoms with E-state index < -0.39 is 0 Å². The van der Waals surface area contributed by atoms with Crippen molar-refractivity contribution in [2.45, 2.75) is 6.54 Å². The molecule has 0 spiro atoms. The second-order valence-corrected chi connectivity index (χ2v) is 3.97. The maximum absolute atomic E-state index is 5.64. The first kappa shape index (κ1) is 12.2. The Bertz CT molecular complexity index is 516. The van der Waals surface area contributed by atoms with E-state index in [1.54, 1.807) is 13.2 Å². The van der Waals surface area contributed by atoms with Crippen LogP contribution in [0.5, 0.6) is 5.88 Å². The molecule has 0 bridgehead atoms. The van der Waals surface area contributed by atoms with E-state index in [1.807, 2.05) is 30.1 Å².